The van der Waals surface area contributed by atoms with Crippen molar-refractivity contribution in [2.45, 2.75) is 19.5 Å². The van der Waals surface area contributed by atoms with E-state index in [0.29, 0.717) is 12.3 Å². The second-order valence-electron chi connectivity index (χ2n) is 5.85. The molecule has 1 N–H and O–H groups in total. The fourth-order valence-electron chi connectivity index (χ4n) is 2.35. The summed E-state index contributed by atoms with van der Waals surface area (Å²) in [6.07, 6.45) is 0. The second-order valence-corrected chi connectivity index (χ2v) is 6.76. The Morgan fingerprint density at radius 2 is 1.96 bits per heavy atom. The van der Waals surface area contributed by atoms with Gasteiger partial charge >= 0.3 is 0 Å². The van der Waals surface area contributed by atoms with Gasteiger partial charge in [0.25, 0.3) is 5.69 Å². The number of likely N-dealkylation sites (N-methyl/N-ethyl adjacent to an activating group) is 1. The molecule has 0 bridgehead atoms. The Kier molecular flexibility index (Phi) is 6.70. The highest BCUT2D eigenvalue weighted by atomic mass is 79.9. The van der Waals surface area contributed by atoms with Crippen LogP contribution in [-0.4, -0.2) is 35.9 Å². The van der Waals surface area contributed by atoms with E-state index in [0.717, 1.165) is 10.0 Å². The number of nitro groups is 1. The van der Waals surface area contributed by atoms with Crippen LogP contribution < -0.4 is 10.1 Å². The largest absolute Gasteiger partial charge is 0.496 e. The lowest BCUT2D eigenvalue weighted by Gasteiger charge is -2.24. The normalized spacial score (nSPS) is 11.9. The van der Waals surface area contributed by atoms with Crippen molar-refractivity contribution in [3.8, 4) is 5.75 Å². The molecule has 7 nitrogen and oxygen atoms in total. The van der Waals surface area contributed by atoms with E-state index in [-0.39, 0.29) is 17.3 Å². The molecule has 1 atom stereocenters. The predicted molar refractivity (Wildman–Crippen MR) is 103 cm³/mol. The van der Waals surface area contributed by atoms with Crippen LogP contribution in [0.1, 0.15) is 12.5 Å². The maximum atomic E-state index is 12.5. The molecular formula is C18H20BrN3O4. The minimum absolute atomic E-state index is 0.143. The van der Waals surface area contributed by atoms with Crippen molar-refractivity contribution in [3.05, 3.63) is 62.6 Å². The molecule has 138 valence electrons. The summed E-state index contributed by atoms with van der Waals surface area (Å²) in [4.78, 5) is 25.1. The average molecular weight is 422 g/mol. The summed E-state index contributed by atoms with van der Waals surface area (Å²) in [5.74, 6) is 0.0352. The van der Waals surface area contributed by atoms with Crippen LogP contribution in [0.25, 0.3) is 0 Å². The van der Waals surface area contributed by atoms with Crippen molar-refractivity contribution >= 4 is 33.2 Å². The SMILES string of the molecule is COc1ccc(NC(=O)C(C)N(C)Cc2ccc(Br)cc2)c([N+](=O)[O-])c1. The zero-order valence-electron chi connectivity index (χ0n) is 14.7. The van der Waals surface area contributed by atoms with Gasteiger partial charge in [-0.05, 0) is 43.8 Å². The summed E-state index contributed by atoms with van der Waals surface area (Å²) in [6, 6.07) is 11.7. The number of methoxy groups -OCH3 is 1. The van der Waals surface area contributed by atoms with Crippen LogP contribution in [0.5, 0.6) is 5.75 Å². The lowest BCUT2D eigenvalue weighted by Crippen LogP contribution is -2.39. The molecule has 0 saturated carbocycles. The number of amides is 1. The number of nitrogens with zero attached hydrogens (tertiary/aromatic N) is 2. The van der Waals surface area contributed by atoms with Crippen LogP contribution in [0.15, 0.2) is 46.9 Å². The van der Waals surface area contributed by atoms with Crippen molar-refractivity contribution in [1.29, 1.82) is 0 Å². The Morgan fingerprint density at radius 3 is 2.54 bits per heavy atom. The third-order valence-electron chi connectivity index (χ3n) is 4.05. The zero-order chi connectivity index (χ0) is 19.3. The number of ether oxygens (including phenoxy) is 1. The van der Waals surface area contributed by atoms with Gasteiger partial charge in [0.15, 0.2) is 0 Å². The van der Waals surface area contributed by atoms with Gasteiger partial charge in [0.1, 0.15) is 11.4 Å². The quantitative estimate of drug-likeness (QED) is 0.542. The Bertz CT molecular complexity index is 796. The molecule has 2 aromatic rings. The molecule has 0 aliphatic rings. The second kappa shape index (κ2) is 8.77. The van der Waals surface area contributed by atoms with E-state index in [1.807, 2.05) is 36.2 Å². The van der Waals surface area contributed by atoms with E-state index in [1.165, 1.54) is 19.2 Å². The number of anilines is 1. The van der Waals surface area contributed by atoms with E-state index in [1.54, 1.807) is 13.0 Å². The first-order chi connectivity index (χ1) is 12.3. The molecule has 0 radical (unpaired) electrons. The number of benzene rings is 2. The maximum absolute atomic E-state index is 12.5. The summed E-state index contributed by atoms with van der Waals surface area (Å²) in [6.45, 7) is 2.33. The van der Waals surface area contributed by atoms with E-state index < -0.39 is 11.0 Å². The highest BCUT2D eigenvalue weighted by Crippen LogP contribution is 2.29. The Hall–Kier alpha value is -2.45. The van der Waals surface area contributed by atoms with Gasteiger partial charge in [-0.1, -0.05) is 28.1 Å². The monoisotopic (exact) mass is 421 g/mol. The Labute approximate surface area is 160 Å². The average Bonchev–Trinajstić information content (AvgIpc) is 2.62. The lowest BCUT2D eigenvalue weighted by atomic mass is 10.2. The van der Waals surface area contributed by atoms with Crippen LogP contribution in [0.2, 0.25) is 0 Å². The van der Waals surface area contributed by atoms with Crippen LogP contribution >= 0.6 is 15.9 Å². The van der Waals surface area contributed by atoms with Gasteiger partial charge in [0.05, 0.1) is 24.1 Å². The minimum Gasteiger partial charge on any atom is -0.496 e. The van der Waals surface area contributed by atoms with Gasteiger partial charge < -0.3 is 10.1 Å². The van der Waals surface area contributed by atoms with Gasteiger partial charge in [0.2, 0.25) is 5.91 Å². The first-order valence-corrected chi connectivity index (χ1v) is 8.69. The molecule has 8 heteroatoms. The third kappa shape index (κ3) is 5.03. The molecule has 1 unspecified atom stereocenters. The molecule has 0 aliphatic carbocycles. The number of hydrogen-bond acceptors (Lipinski definition) is 5. The number of rotatable bonds is 7. The smallest absolute Gasteiger partial charge is 0.296 e. The molecule has 2 rings (SSSR count). The molecule has 26 heavy (non-hydrogen) atoms. The number of nitro benzene ring substituents is 1. The highest BCUT2D eigenvalue weighted by Gasteiger charge is 2.22. The van der Waals surface area contributed by atoms with Crippen molar-refractivity contribution in [2.75, 3.05) is 19.5 Å². The number of carbonyl (C=O) groups is 1. The van der Waals surface area contributed by atoms with Crippen LogP contribution in [0.4, 0.5) is 11.4 Å². The van der Waals surface area contributed by atoms with Gasteiger partial charge in [-0.25, -0.2) is 0 Å². The molecule has 2 aromatic carbocycles. The van der Waals surface area contributed by atoms with Gasteiger partial charge in [-0.2, -0.15) is 0 Å². The number of halogens is 1. The van der Waals surface area contributed by atoms with Crippen molar-refractivity contribution < 1.29 is 14.5 Å². The van der Waals surface area contributed by atoms with Crippen molar-refractivity contribution in [1.82, 2.24) is 4.90 Å². The topological polar surface area (TPSA) is 84.7 Å². The summed E-state index contributed by atoms with van der Waals surface area (Å²) < 4.78 is 5.98. The van der Waals surface area contributed by atoms with Crippen molar-refractivity contribution in [3.63, 3.8) is 0 Å². The van der Waals surface area contributed by atoms with Crippen LogP contribution in [0.3, 0.4) is 0 Å². The molecule has 0 aromatic heterocycles. The minimum atomic E-state index is -0.547. The predicted octanol–water partition coefficient (Wildman–Crippen LogP) is 3.82. The molecule has 0 fully saturated rings. The van der Waals surface area contributed by atoms with Gasteiger partial charge in [0, 0.05) is 11.0 Å². The number of hydrogen-bond donors (Lipinski definition) is 1. The van der Waals surface area contributed by atoms with Gasteiger partial charge in [-0.3, -0.25) is 19.8 Å². The van der Waals surface area contributed by atoms with E-state index in [2.05, 4.69) is 21.2 Å². The molecule has 0 saturated heterocycles. The lowest BCUT2D eigenvalue weighted by molar-refractivity contribution is -0.384. The first-order valence-electron chi connectivity index (χ1n) is 7.89. The summed E-state index contributed by atoms with van der Waals surface area (Å²) in [5.41, 5.74) is 0.996. The zero-order valence-corrected chi connectivity index (χ0v) is 16.3. The summed E-state index contributed by atoms with van der Waals surface area (Å²) >= 11 is 3.39. The summed E-state index contributed by atoms with van der Waals surface area (Å²) in [7, 11) is 3.26. The molecule has 1 amide bonds. The Morgan fingerprint density at radius 1 is 1.31 bits per heavy atom. The van der Waals surface area contributed by atoms with Crippen LogP contribution in [-0.2, 0) is 11.3 Å². The molecule has 0 aliphatic heterocycles. The van der Waals surface area contributed by atoms with E-state index in [9.17, 15) is 14.9 Å². The number of nitrogens with one attached hydrogen (secondary N) is 1. The summed E-state index contributed by atoms with van der Waals surface area (Å²) in [5, 5.41) is 13.9. The number of carbonyl (C=O) groups excluding carboxylic acids is 1. The molecule has 0 heterocycles. The standard InChI is InChI=1S/C18H20BrN3O4/c1-12(21(2)11-13-4-6-14(19)7-5-13)18(23)20-16-9-8-15(26-3)10-17(16)22(24)25/h4-10,12H,11H2,1-3H3,(H,20,23). The van der Waals surface area contributed by atoms with Crippen LogP contribution in [0, 0.1) is 10.1 Å². The van der Waals surface area contributed by atoms with E-state index >= 15 is 0 Å². The van der Waals surface area contributed by atoms with Crippen molar-refractivity contribution in [2.24, 2.45) is 0 Å². The fraction of sp³-hybridized carbons (Fsp3) is 0.278. The Balaban J connectivity index is 2.08. The third-order valence-corrected chi connectivity index (χ3v) is 4.57. The fourth-order valence-corrected chi connectivity index (χ4v) is 2.61. The van der Waals surface area contributed by atoms with E-state index in [4.69, 9.17) is 4.74 Å². The first kappa shape index (κ1) is 19.9. The molecule has 0 spiro atoms. The molecular weight excluding hydrogens is 402 g/mol. The maximum Gasteiger partial charge on any atom is 0.296 e. The highest BCUT2D eigenvalue weighted by molar-refractivity contribution is 9.10. The van der Waals surface area contributed by atoms with Gasteiger partial charge in [-0.15, -0.1) is 0 Å².